The van der Waals surface area contributed by atoms with Crippen LogP contribution in [0.5, 0.6) is 0 Å². The van der Waals surface area contributed by atoms with Crippen LogP contribution in [0.1, 0.15) is 17.0 Å². The Labute approximate surface area is 95.3 Å². The fourth-order valence-corrected chi connectivity index (χ4v) is 2.16. The average molecular weight is 210 g/mol. The minimum Gasteiger partial charge on any atom is -0.330 e. The Morgan fingerprint density at radius 1 is 1.06 bits per heavy atom. The number of fused-ring (bicyclic) bond motifs is 1. The highest BCUT2D eigenvalue weighted by Gasteiger charge is 2.11. The normalized spacial score (nSPS) is 13.8. The Morgan fingerprint density at radius 2 is 1.88 bits per heavy atom. The van der Waals surface area contributed by atoms with Crippen LogP contribution in [0.3, 0.4) is 0 Å². The first-order chi connectivity index (χ1) is 7.93. The summed E-state index contributed by atoms with van der Waals surface area (Å²) in [5.74, 6) is 0. The first kappa shape index (κ1) is 9.40. The highest BCUT2D eigenvalue weighted by atomic mass is 15.1. The summed E-state index contributed by atoms with van der Waals surface area (Å²) in [6, 6.07) is 10.5. The first-order valence-electron chi connectivity index (χ1n) is 5.65. The Bertz CT molecular complexity index is 509. The van der Waals surface area contributed by atoms with E-state index < -0.39 is 0 Å². The van der Waals surface area contributed by atoms with Crippen molar-refractivity contribution in [1.29, 1.82) is 0 Å². The van der Waals surface area contributed by atoms with Crippen LogP contribution in [0.2, 0.25) is 0 Å². The van der Waals surface area contributed by atoms with Gasteiger partial charge in [-0.05, 0) is 5.56 Å². The van der Waals surface area contributed by atoms with Gasteiger partial charge in [0.2, 0.25) is 0 Å². The van der Waals surface area contributed by atoms with Crippen LogP contribution in [-0.2, 0) is 19.4 Å². The second-order valence-electron chi connectivity index (χ2n) is 4.13. The van der Waals surface area contributed by atoms with Gasteiger partial charge in [0.05, 0.1) is 12.0 Å². The number of nitrogens with zero attached hydrogens (tertiary/aromatic N) is 2. The van der Waals surface area contributed by atoms with E-state index in [1.807, 2.05) is 6.33 Å². The van der Waals surface area contributed by atoms with Crippen molar-refractivity contribution in [3.63, 3.8) is 0 Å². The number of imidazole rings is 1. The molecule has 2 nitrogen and oxygen atoms in total. The summed E-state index contributed by atoms with van der Waals surface area (Å²) in [7, 11) is 0. The third-order valence-corrected chi connectivity index (χ3v) is 3.02. The van der Waals surface area contributed by atoms with Gasteiger partial charge < -0.3 is 4.57 Å². The van der Waals surface area contributed by atoms with E-state index in [1.165, 1.54) is 17.0 Å². The summed E-state index contributed by atoms with van der Waals surface area (Å²) in [4.78, 5) is 4.46. The molecule has 0 bridgehead atoms. The molecule has 0 aliphatic heterocycles. The second kappa shape index (κ2) is 3.97. The Hall–Kier alpha value is -1.83. The summed E-state index contributed by atoms with van der Waals surface area (Å²) in [5.41, 5.74) is 3.93. The molecule has 2 heteroatoms. The predicted molar refractivity (Wildman–Crippen MR) is 64.3 cm³/mol. The highest BCUT2D eigenvalue weighted by molar-refractivity contribution is 5.25. The van der Waals surface area contributed by atoms with Crippen LogP contribution in [0, 0.1) is 0 Å². The minimum absolute atomic E-state index is 0.928. The molecule has 1 aliphatic rings. The number of hydrogen-bond donors (Lipinski definition) is 0. The molecule has 0 unspecified atom stereocenters. The number of aromatic nitrogens is 2. The summed E-state index contributed by atoms with van der Waals surface area (Å²) in [5, 5.41) is 0. The molecule has 0 N–H and O–H groups in total. The standard InChI is InChI=1S/C14H14N2/c1-2-6-12(7-3-1)10-16-11-15-13-8-4-5-9-14(13)16/h1-7,11H,8-10H2. The quantitative estimate of drug-likeness (QED) is 0.697. The molecular weight excluding hydrogens is 196 g/mol. The van der Waals surface area contributed by atoms with Gasteiger partial charge in [-0.1, -0.05) is 42.5 Å². The third kappa shape index (κ3) is 1.67. The smallest absolute Gasteiger partial charge is 0.0955 e. The van der Waals surface area contributed by atoms with Gasteiger partial charge in [0.25, 0.3) is 0 Å². The number of allylic oxidation sites excluding steroid dienone is 2. The summed E-state index contributed by atoms with van der Waals surface area (Å²) in [6.07, 6.45) is 8.39. The Balaban J connectivity index is 1.89. The van der Waals surface area contributed by atoms with Crippen LogP contribution >= 0.6 is 0 Å². The SMILES string of the molecule is C1=CCc2c(ncn2Cc2ccccc2)C1. The lowest BCUT2D eigenvalue weighted by molar-refractivity contribution is 0.750. The minimum atomic E-state index is 0.928. The fourth-order valence-electron chi connectivity index (χ4n) is 2.16. The zero-order valence-corrected chi connectivity index (χ0v) is 9.13. The van der Waals surface area contributed by atoms with Crippen LogP contribution < -0.4 is 0 Å². The lowest BCUT2D eigenvalue weighted by Gasteiger charge is -2.10. The molecule has 1 aromatic heterocycles. The molecule has 0 spiro atoms. The van der Waals surface area contributed by atoms with E-state index in [2.05, 4.69) is 52.0 Å². The molecule has 0 saturated heterocycles. The maximum Gasteiger partial charge on any atom is 0.0955 e. The van der Waals surface area contributed by atoms with Gasteiger partial charge in [-0.25, -0.2) is 4.98 Å². The molecule has 0 amide bonds. The van der Waals surface area contributed by atoms with Gasteiger partial charge in [-0.15, -0.1) is 0 Å². The maximum atomic E-state index is 4.46. The van der Waals surface area contributed by atoms with Crippen LogP contribution in [0.4, 0.5) is 0 Å². The average Bonchev–Trinajstić information content (AvgIpc) is 2.74. The van der Waals surface area contributed by atoms with Crippen molar-refractivity contribution >= 4 is 0 Å². The van der Waals surface area contributed by atoms with Gasteiger partial charge in [0.15, 0.2) is 0 Å². The monoisotopic (exact) mass is 210 g/mol. The number of hydrogen-bond acceptors (Lipinski definition) is 1. The van der Waals surface area contributed by atoms with Crippen LogP contribution in [0.25, 0.3) is 0 Å². The zero-order valence-electron chi connectivity index (χ0n) is 9.13. The van der Waals surface area contributed by atoms with E-state index in [4.69, 9.17) is 0 Å². The molecule has 3 rings (SSSR count). The molecule has 0 fully saturated rings. The van der Waals surface area contributed by atoms with E-state index in [9.17, 15) is 0 Å². The molecule has 16 heavy (non-hydrogen) atoms. The van der Waals surface area contributed by atoms with E-state index in [0.29, 0.717) is 0 Å². The molecule has 0 saturated carbocycles. The largest absolute Gasteiger partial charge is 0.330 e. The lowest BCUT2D eigenvalue weighted by atomic mass is 10.1. The van der Waals surface area contributed by atoms with Crippen molar-refractivity contribution in [3.05, 3.63) is 65.8 Å². The van der Waals surface area contributed by atoms with Gasteiger partial charge >= 0.3 is 0 Å². The van der Waals surface area contributed by atoms with Gasteiger partial charge in [0.1, 0.15) is 0 Å². The third-order valence-electron chi connectivity index (χ3n) is 3.02. The van der Waals surface area contributed by atoms with Crippen molar-refractivity contribution in [3.8, 4) is 0 Å². The Morgan fingerprint density at radius 3 is 2.75 bits per heavy atom. The molecule has 1 aliphatic carbocycles. The molecule has 2 aromatic rings. The van der Waals surface area contributed by atoms with Crippen LogP contribution in [0.15, 0.2) is 48.8 Å². The van der Waals surface area contributed by atoms with Crippen molar-refractivity contribution in [2.45, 2.75) is 19.4 Å². The van der Waals surface area contributed by atoms with Gasteiger partial charge in [0, 0.05) is 25.1 Å². The molecular formula is C14H14N2. The summed E-state index contributed by atoms with van der Waals surface area (Å²) < 4.78 is 2.26. The zero-order chi connectivity index (χ0) is 10.8. The summed E-state index contributed by atoms with van der Waals surface area (Å²) in [6.45, 7) is 0.928. The first-order valence-corrected chi connectivity index (χ1v) is 5.65. The van der Waals surface area contributed by atoms with Crippen LogP contribution in [-0.4, -0.2) is 9.55 Å². The van der Waals surface area contributed by atoms with E-state index in [1.54, 1.807) is 0 Å². The summed E-state index contributed by atoms with van der Waals surface area (Å²) >= 11 is 0. The number of rotatable bonds is 2. The topological polar surface area (TPSA) is 17.8 Å². The van der Waals surface area contributed by atoms with Crippen molar-refractivity contribution in [2.75, 3.05) is 0 Å². The highest BCUT2D eigenvalue weighted by Crippen LogP contribution is 2.16. The van der Waals surface area contributed by atoms with E-state index in [0.717, 1.165) is 19.4 Å². The predicted octanol–water partition coefficient (Wildman–Crippen LogP) is 2.59. The maximum absolute atomic E-state index is 4.46. The molecule has 1 heterocycles. The van der Waals surface area contributed by atoms with E-state index >= 15 is 0 Å². The molecule has 0 radical (unpaired) electrons. The molecule has 0 atom stereocenters. The van der Waals surface area contributed by atoms with Crippen molar-refractivity contribution < 1.29 is 0 Å². The van der Waals surface area contributed by atoms with E-state index in [-0.39, 0.29) is 0 Å². The molecule has 1 aromatic carbocycles. The number of benzene rings is 1. The fraction of sp³-hybridized carbons (Fsp3) is 0.214. The van der Waals surface area contributed by atoms with Crippen molar-refractivity contribution in [2.24, 2.45) is 0 Å². The van der Waals surface area contributed by atoms with Gasteiger partial charge in [-0.2, -0.15) is 0 Å². The van der Waals surface area contributed by atoms with Crippen molar-refractivity contribution in [1.82, 2.24) is 9.55 Å². The lowest BCUT2D eigenvalue weighted by Crippen LogP contribution is -2.06. The molecule has 80 valence electrons. The Kier molecular flexibility index (Phi) is 2.33. The second-order valence-corrected chi connectivity index (χ2v) is 4.13. The van der Waals surface area contributed by atoms with Gasteiger partial charge in [-0.3, -0.25) is 0 Å².